The van der Waals surface area contributed by atoms with Gasteiger partial charge in [0.2, 0.25) is 11.8 Å². The lowest BCUT2D eigenvalue weighted by molar-refractivity contribution is -0.384. The van der Waals surface area contributed by atoms with Crippen LogP contribution >= 0.6 is 0 Å². The number of hydrogen-bond donors (Lipinski definition) is 2. The van der Waals surface area contributed by atoms with E-state index in [0.717, 1.165) is 12.8 Å². The van der Waals surface area contributed by atoms with Gasteiger partial charge in [0.25, 0.3) is 0 Å². The van der Waals surface area contributed by atoms with E-state index in [1.807, 2.05) is 0 Å². The SMILES string of the molecule is Nc1ncc([N+](=O)[O-])c(NCCOCC2CC2)n1. The maximum Gasteiger partial charge on any atom is 0.329 e. The number of nitrogens with two attached hydrogens (primary N) is 1. The van der Waals surface area contributed by atoms with E-state index in [-0.39, 0.29) is 17.5 Å². The quantitative estimate of drug-likeness (QED) is 0.419. The maximum absolute atomic E-state index is 10.7. The molecule has 1 aliphatic carbocycles. The predicted molar refractivity (Wildman–Crippen MR) is 65.1 cm³/mol. The second-order valence-electron chi connectivity index (χ2n) is 4.16. The number of nitro groups is 1. The Hall–Kier alpha value is -1.96. The van der Waals surface area contributed by atoms with Crippen molar-refractivity contribution in [3.8, 4) is 0 Å². The highest BCUT2D eigenvalue weighted by Gasteiger charge is 2.21. The molecule has 0 atom stereocenters. The van der Waals surface area contributed by atoms with Crippen molar-refractivity contribution in [1.82, 2.24) is 9.97 Å². The molecule has 0 saturated heterocycles. The summed E-state index contributed by atoms with van der Waals surface area (Å²) in [5.74, 6) is 0.832. The average Bonchev–Trinajstić information content (AvgIpc) is 3.12. The summed E-state index contributed by atoms with van der Waals surface area (Å²) in [6.07, 6.45) is 3.57. The molecule has 18 heavy (non-hydrogen) atoms. The molecule has 8 nitrogen and oxygen atoms in total. The molecule has 1 saturated carbocycles. The van der Waals surface area contributed by atoms with Crippen LogP contribution in [-0.4, -0.2) is 34.6 Å². The zero-order chi connectivity index (χ0) is 13.0. The van der Waals surface area contributed by atoms with Gasteiger partial charge in [-0.2, -0.15) is 4.98 Å². The molecule has 1 fully saturated rings. The summed E-state index contributed by atoms with van der Waals surface area (Å²) < 4.78 is 5.40. The minimum atomic E-state index is -0.549. The highest BCUT2D eigenvalue weighted by atomic mass is 16.6. The molecule has 1 aromatic heterocycles. The first kappa shape index (κ1) is 12.5. The van der Waals surface area contributed by atoms with Crippen molar-refractivity contribution < 1.29 is 9.66 Å². The smallest absolute Gasteiger partial charge is 0.329 e. The Morgan fingerprint density at radius 3 is 3.06 bits per heavy atom. The van der Waals surface area contributed by atoms with E-state index in [0.29, 0.717) is 19.1 Å². The van der Waals surface area contributed by atoms with Crippen molar-refractivity contribution in [2.24, 2.45) is 5.92 Å². The van der Waals surface area contributed by atoms with Gasteiger partial charge in [-0.05, 0) is 18.8 Å². The summed E-state index contributed by atoms with van der Waals surface area (Å²) in [4.78, 5) is 17.6. The molecule has 0 aliphatic heterocycles. The minimum absolute atomic E-state index is 0.00185. The molecule has 98 valence electrons. The van der Waals surface area contributed by atoms with Crippen molar-refractivity contribution in [3.63, 3.8) is 0 Å². The van der Waals surface area contributed by atoms with Crippen LogP contribution in [0.3, 0.4) is 0 Å². The molecule has 1 heterocycles. The molecule has 0 bridgehead atoms. The summed E-state index contributed by atoms with van der Waals surface area (Å²) >= 11 is 0. The van der Waals surface area contributed by atoms with Crippen molar-refractivity contribution in [3.05, 3.63) is 16.3 Å². The van der Waals surface area contributed by atoms with Crippen molar-refractivity contribution >= 4 is 17.5 Å². The number of nitrogens with one attached hydrogen (secondary N) is 1. The Labute approximate surface area is 104 Å². The number of rotatable bonds is 7. The molecule has 1 aliphatic rings. The first-order valence-corrected chi connectivity index (χ1v) is 5.75. The third-order valence-electron chi connectivity index (χ3n) is 2.57. The lowest BCUT2D eigenvalue weighted by Crippen LogP contribution is -2.13. The average molecular weight is 253 g/mol. The Balaban J connectivity index is 1.82. The van der Waals surface area contributed by atoms with Gasteiger partial charge in [-0.25, -0.2) is 4.98 Å². The molecule has 0 radical (unpaired) electrons. The second kappa shape index (κ2) is 5.58. The number of nitrogens with zero attached hydrogens (tertiary/aromatic N) is 3. The van der Waals surface area contributed by atoms with E-state index in [2.05, 4.69) is 15.3 Å². The Morgan fingerprint density at radius 1 is 1.61 bits per heavy atom. The van der Waals surface area contributed by atoms with Crippen LogP contribution in [0.25, 0.3) is 0 Å². The van der Waals surface area contributed by atoms with Crippen LogP contribution in [0.2, 0.25) is 0 Å². The van der Waals surface area contributed by atoms with Gasteiger partial charge in [-0.15, -0.1) is 0 Å². The number of anilines is 2. The molecule has 0 unspecified atom stereocenters. The molecular weight excluding hydrogens is 238 g/mol. The van der Waals surface area contributed by atoms with Crippen molar-refractivity contribution in [2.45, 2.75) is 12.8 Å². The van der Waals surface area contributed by atoms with Crippen molar-refractivity contribution in [2.75, 3.05) is 30.8 Å². The van der Waals surface area contributed by atoms with Crippen LogP contribution in [0, 0.1) is 16.0 Å². The monoisotopic (exact) mass is 253 g/mol. The fourth-order valence-electron chi connectivity index (χ4n) is 1.43. The minimum Gasteiger partial charge on any atom is -0.379 e. The standard InChI is InChI=1S/C10H15N5O3/c11-10-13-5-8(15(16)17)9(14-10)12-3-4-18-6-7-1-2-7/h5,7H,1-4,6H2,(H3,11,12,13,14). The van der Waals surface area contributed by atoms with Gasteiger partial charge in [0, 0.05) is 13.2 Å². The molecule has 8 heteroatoms. The molecular formula is C10H15N5O3. The zero-order valence-corrected chi connectivity index (χ0v) is 9.83. The van der Waals surface area contributed by atoms with Crippen LogP contribution in [0.4, 0.5) is 17.5 Å². The van der Waals surface area contributed by atoms with Crippen LogP contribution in [0.15, 0.2) is 6.20 Å². The fraction of sp³-hybridized carbons (Fsp3) is 0.600. The van der Waals surface area contributed by atoms with E-state index in [9.17, 15) is 10.1 Å². The van der Waals surface area contributed by atoms with Crippen molar-refractivity contribution in [1.29, 1.82) is 0 Å². The van der Waals surface area contributed by atoms with Gasteiger partial charge in [0.15, 0.2) is 0 Å². The van der Waals surface area contributed by atoms with Gasteiger partial charge in [0.1, 0.15) is 6.20 Å². The van der Waals surface area contributed by atoms with Gasteiger partial charge in [0.05, 0.1) is 11.5 Å². The van der Waals surface area contributed by atoms with Crippen LogP contribution in [-0.2, 0) is 4.74 Å². The normalized spacial score (nSPS) is 14.4. The largest absolute Gasteiger partial charge is 0.379 e. The highest BCUT2D eigenvalue weighted by Crippen LogP contribution is 2.28. The summed E-state index contributed by atoms with van der Waals surface area (Å²) in [7, 11) is 0. The Bertz CT molecular complexity index is 436. The summed E-state index contributed by atoms with van der Waals surface area (Å²) in [5.41, 5.74) is 5.20. The van der Waals surface area contributed by atoms with Crippen LogP contribution in [0.5, 0.6) is 0 Å². The molecule has 3 N–H and O–H groups in total. The van der Waals surface area contributed by atoms with E-state index in [4.69, 9.17) is 10.5 Å². The molecule has 1 aromatic rings. The first-order chi connectivity index (χ1) is 8.66. The summed E-state index contributed by atoms with van der Waals surface area (Å²) in [5, 5.41) is 13.6. The van der Waals surface area contributed by atoms with Gasteiger partial charge in [-0.3, -0.25) is 10.1 Å². The first-order valence-electron chi connectivity index (χ1n) is 5.75. The summed E-state index contributed by atoms with van der Waals surface area (Å²) in [6, 6.07) is 0. The van der Waals surface area contributed by atoms with Gasteiger partial charge >= 0.3 is 5.69 Å². The zero-order valence-electron chi connectivity index (χ0n) is 9.83. The fourth-order valence-corrected chi connectivity index (χ4v) is 1.43. The summed E-state index contributed by atoms with van der Waals surface area (Å²) in [6.45, 7) is 1.69. The van der Waals surface area contributed by atoms with E-state index in [1.54, 1.807) is 0 Å². The van der Waals surface area contributed by atoms with E-state index in [1.165, 1.54) is 12.8 Å². The predicted octanol–water partition coefficient (Wildman–Crippen LogP) is 0.805. The van der Waals surface area contributed by atoms with Gasteiger partial charge in [-0.1, -0.05) is 0 Å². The Morgan fingerprint density at radius 2 is 2.39 bits per heavy atom. The molecule has 0 spiro atoms. The van der Waals surface area contributed by atoms with Crippen LogP contribution < -0.4 is 11.1 Å². The number of nitrogen functional groups attached to an aromatic ring is 1. The van der Waals surface area contributed by atoms with E-state index >= 15 is 0 Å². The molecule has 0 amide bonds. The van der Waals surface area contributed by atoms with Crippen LogP contribution in [0.1, 0.15) is 12.8 Å². The lowest BCUT2D eigenvalue weighted by atomic mass is 10.4. The van der Waals surface area contributed by atoms with E-state index < -0.39 is 4.92 Å². The molecule has 2 rings (SSSR count). The third kappa shape index (κ3) is 3.52. The third-order valence-corrected chi connectivity index (χ3v) is 2.57. The second-order valence-corrected chi connectivity index (χ2v) is 4.16. The number of hydrogen-bond acceptors (Lipinski definition) is 7. The maximum atomic E-state index is 10.7. The molecule has 0 aromatic carbocycles. The van der Waals surface area contributed by atoms with Gasteiger partial charge < -0.3 is 15.8 Å². The highest BCUT2D eigenvalue weighted by molar-refractivity contribution is 5.56. The lowest BCUT2D eigenvalue weighted by Gasteiger charge is -2.06. The number of ether oxygens (including phenoxy) is 1. The topological polar surface area (TPSA) is 116 Å². The Kier molecular flexibility index (Phi) is 3.88. The number of aromatic nitrogens is 2.